The van der Waals surface area contributed by atoms with E-state index in [4.69, 9.17) is 0 Å². The van der Waals surface area contributed by atoms with Crippen molar-refractivity contribution < 1.29 is 0 Å². The minimum atomic E-state index is 0.323. The zero-order valence-corrected chi connectivity index (χ0v) is 19.5. The van der Waals surface area contributed by atoms with Crippen LogP contribution in [0.4, 0.5) is 5.82 Å². The number of hydrogen-bond donors (Lipinski definition) is 0. The third kappa shape index (κ3) is 3.41. The van der Waals surface area contributed by atoms with Gasteiger partial charge in [-0.15, -0.1) is 0 Å². The molecule has 1 saturated heterocycles. The van der Waals surface area contributed by atoms with Gasteiger partial charge < -0.3 is 4.90 Å². The number of hydrogen-bond acceptors (Lipinski definition) is 5. The van der Waals surface area contributed by atoms with Crippen LogP contribution in [0, 0.1) is 0 Å². The van der Waals surface area contributed by atoms with Gasteiger partial charge in [0, 0.05) is 26.2 Å². The van der Waals surface area contributed by atoms with Gasteiger partial charge in [0.2, 0.25) is 0 Å². The van der Waals surface area contributed by atoms with Crippen LogP contribution >= 0.6 is 0 Å². The second-order valence-electron chi connectivity index (χ2n) is 9.32. The van der Waals surface area contributed by atoms with Gasteiger partial charge >= 0.3 is 0 Å². The van der Waals surface area contributed by atoms with Gasteiger partial charge in [-0.1, -0.05) is 78.9 Å². The van der Waals surface area contributed by atoms with Gasteiger partial charge in [0.25, 0.3) is 0 Å². The number of fused-ring (bicyclic) bond motifs is 4. The van der Waals surface area contributed by atoms with Crippen LogP contribution in [-0.2, 0) is 6.54 Å². The summed E-state index contributed by atoms with van der Waals surface area (Å²) in [7, 11) is 0. The summed E-state index contributed by atoms with van der Waals surface area (Å²) in [6.07, 6.45) is 3.60. The predicted molar refractivity (Wildman–Crippen MR) is 138 cm³/mol. The molecule has 1 fully saturated rings. The van der Waals surface area contributed by atoms with E-state index in [9.17, 15) is 0 Å². The highest BCUT2D eigenvalue weighted by atomic mass is 15.3. The molecule has 6 nitrogen and oxygen atoms in total. The Kier molecular flexibility index (Phi) is 4.84. The van der Waals surface area contributed by atoms with E-state index in [-0.39, 0.29) is 0 Å². The highest BCUT2D eigenvalue weighted by Crippen LogP contribution is 2.46. The first-order valence-electron chi connectivity index (χ1n) is 12.2. The van der Waals surface area contributed by atoms with Gasteiger partial charge in [-0.2, -0.15) is 5.10 Å². The van der Waals surface area contributed by atoms with Gasteiger partial charge in [0.15, 0.2) is 5.65 Å². The standard InChI is InChI=1S/C29H26N6/c1-2-8-21(9-3-1)19-35-29-26(18-32-35)28(30-20-31-29)34-16-14-33(15-17-34)27-24-12-6-4-10-22(24)23-11-5-7-13-25(23)27/h1-13,18,20,27H,14-17,19H2. The fourth-order valence-electron chi connectivity index (χ4n) is 5.72. The van der Waals surface area contributed by atoms with Crippen LogP contribution in [0.3, 0.4) is 0 Å². The Bertz CT molecular complexity index is 1450. The maximum Gasteiger partial charge on any atom is 0.163 e. The lowest BCUT2D eigenvalue weighted by molar-refractivity contribution is 0.215. The second-order valence-corrected chi connectivity index (χ2v) is 9.32. The highest BCUT2D eigenvalue weighted by Gasteiger charge is 2.34. The molecule has 0 radical (unpaired) electrons. The van der Waals surface area contributed by atoms with Crippen molar-refractivity contribution in [3.63, 3.8) is 0 Å². The minimum absolute atomic E-state index is 0.323. The van der Waals surface area contributed by atoms with Crippen molar-refractivity contribution in [3.8, 4) is 11.1 Å². The van der Waals surface area contributed by atoms with Crippen LogP contribution in [0.2, 0.25) is 0 Å². The SMILES string of the molecule is c1ccc(Cn2ncc3c(N4CCN(C5c6ccccc6-c6ccccc65)CC4)ncnc32)cc1. The van der Waals surface area contributed by atoms with Crippen molar-refractivity contribution >= 4 is 16.9 Å². The molecule has 6 heteroatoms. The molecule has 2 aliphatic rings. The Morgan fingerprint density at radius 1 is 0.714 bits per heavy atom. The smallest absolute Gasteiger partial charge is 0.163 e. The van der Waals surface area contributed by atoms with E-state index in [1.807, 2.05) is 16.9 Å². The number of anilines is 1. The van der Waals surface area contributed by atoms with Crippen LogP contribution in [0.5, 0.6) is 0 Å². The first-order chi connectivity index (χ1) is 17.4. The molecule has 0 N–H and O–H groups in total. The number of aromatic nitrogens is 4. The largest absolute Gasteiger partial charge is 0.353 e. The Morgan fingerprint density at radius 3 is 2.09 bits per heavy atom. The summed E-state index contributed by atoms with van der Waals surface area (Å²) < 4.78 is 1.97. The van der Waals surface area contributed by atoms with Gasteiger partial charge in [-0.05, 0) is 27.8 Å². The molecule has 1 aliphatic heterocycles. The van der Waals surface area contributed by atoms with Crippen LogP contribution in [0.1, 0.15) is 22.7 Å². The lowest BCUT2D eigenvalue weighted by atomic mass is 10.0. The van der Waals surface area contributed by atoms with Gasteiger partial charge in [-0.25, -0.2) is 14.6 Å². The van der Waals surface area contributed by atoms with Gasteiger partial charge in [0.1, 0.15) is 12.1 Å². The normalized spacial score (nSPS) is 15.9. The van der Waals surface area contributed by atoms with Gasteiger partial charge in [0.05, 0.1) is 24.2 Å². The number of rotatable bonds is 4. The Morgan fingerprint density at radius 2 is 1.37 bits per heavy atom. The maximum absolute atomic E-state index is 4.69. The van der Waals surface area contributed by atoms with Crippen LogP contribution in [0.15, 0.2) is 91.4 Å². The molecule has 0 atom stereocenters. The van der Waals surface area contributed by atoms with Crippen molar-refractivity contribution in [2.75, 3.05) is 31.1 Å². The Hall–Kier alpha value is -4.03. The predicted octanol–water partition coefficient (Wildman–Crippen LogP) is 4.77. The average molecular weight is 459 g/mol. The number of piperazine rings is 1. The van der Waals surface area contributed by atoms with Crippen molar-refractivity contribution in [1.82, 2.24) is 24.6 Å². The van der Waals surface area contributed by atoms with Crippen molar-refractivity contribution in [2.24, 2.45) is 0 Å². The second kappa shape index (κ2) is 8.32. The van der Waals surface area contributed by atoms with E-state index < -0.39 is 0 Å². The Balaban J connectivity index is 1.14. The van der Waals surface area contributed by atoms with E-state index in [2.05, 4.69) is 97.7 Å². The third-order valence-electron chi connectivity index (χ3n) is 7.37. The van der Waals surface area contributed by atoms with Crippen LogP contribution < -0.4 is 4.90 Å². The molecule has 0 amide bonds. The maximum atomic E-state index is 4.69. The molecule has 0 unspecified atom stereocenters. The van der Waals surface area contributed by atoms with Crippen LogP contribution in [-0.4, -0.2) is 50.8 Å². The van der Waals surface area contributed by atoms with Crippen molar-refractivity contribution in [1.29, 1.82) is 0 Å². The topological polar surface area (TPSA) is 50.1 Å². The minimum Gasteiger partial charge on any atom is -0.353 e. The van der Waals surface area contributed by atoms with Crippen molar-refractivity contribution in [3.05, 3.63) is 108 Å². The van der Waals surface area contributed by atoms with Crippen molar-refractivity contribution in [2.45, 2.75) is 12.6 Å². The van der Waals surface area contributed by atoms with E-state index in [0.29, 0.717) is 12.6 Å². The number of nitrogens with zero attached hydrogens (tertiary/aromatic N) is 6. The lowest BCUT2D eigenvalue weighted by Gasteiger charge is -2.39. The van der Waals surface area contributed by atoms with E-state index >= 15 is 0 Å². The number of benzene rings is 3. The zero-order chi connectivity index (χ0) is 23.2. The lowest BCUT2D eigenvalue weighted by Crippen LogP contribution is -2.48. The molecule has 7 rings (SSSR count). The van der Waals surface area contributed by atoms with Crippen LogP contribution in [0.25, 0.3) is 22.2 Å². The summed E-state index contributed by atoms with van der Waals surface area (Å²) in [4.78, 5) is 14.3. The summed E-state index contributed by atoms with van der Waals surface area (Å²) >= 11 is 0. The molecule has 0 spiro atoms. The first kappa shape index (κ1) is 20.4. The fourth-order valence-corrected chi connectivity index (χ4v) is 5.72. The monoisotopic (exact) mass is 458 g/mol. The molecule has 3 aromatic carbocycles. The van der Waals surface area contributed by atoms with E-state index in [1.165, 1.54) is 27.8 Å². The van der Waals surface area contributed by atoms with Gasteiger partial charge in [-0.3, -0.25) is 4.90 Å². The molecule has 5 aromatic rings. The molecule has 172 valence electrons. The summed E-state index contributed by atoms with van der Waals surface area (Å²) in [5.41, 5.74) is 7.70. The molecule has 2 aromatic heterocycles. The summed E-state index contributed by atoms with van der Waals surface area (Å²) in [6.45, 7) is 4.52. The molecular formula is C29H26N6. The molecule has 0 bridgehead atoms. The molecule has 35 heavy (non-hydrogen) atoms. The average Bonchev–Trinajstić information content (AvgIpc) is 3.48. The fraction of sp³-hybridized carbons (Fsp3) is 0.207. The quantitative estimate of drug-likeness (QED) is 0.388. The molecular weight excluding hydrogens is 432 g/mol. The third-order valence-corrected chi connectivity index (χ3v) is 7.37. The molecule has 1 aliphatic carbocycles. The molecule has 3 heterocycles. The Labute approximate surface area is 204 Å². The van der Waals surface area contributed by atoms with E-state index in [0.717, 1.165) is 43.0 Å². The van der Waals surface area contributed by atoms with E-state index in [1.54, 1.807) is 6.33 Å². The zero-order valence-electron chi connectivity index (χ0n) is 19.5. The summed E-state index contributed by atoms with van der Waals surface area (Å²) in [6, 6.07) is 28.4. The summed E-state index contributed by atoms with van der Waals surface area (Å²) in [5, 5.41) is 5.67. The highest BCUT2D eigenvalue weighted by molar-refractivity contribution is 5.86. The molecule has 0 saturated carbocycles. The first-order valence-corrected chi connectivity index (χ1v) is 12.2. The summed E-state index contributed by atoms with van der Waals surface area (Å²) in [5.74, 6) is 0.987.